The number of furan rings is 1. The summed E-state index contributed by atoms with van der Waals surface area (Å²) in [6.45, 7) is 2.58. The molecule has 1 aliphatic heterocycles. The van der Waals surface area contributed by atoms with Crippen molar-refractivity contribution in [2.45, 2.75) is 32.2 Å². The van der Waals surface area contributed by atoms with E-state index in [2.05, 4.69) is 29.7 Å². The summed E-state index contributed by atoms with van der Waals surface area (Å²) in [5, 5.41) is 5.64. The molecule has 5 heteroatoms. The van der Waals surface area contributed by atoms with Gasteiger partial charge in [-0.15, -0.1) is 0 Å². The molecule has 120 valence electrons. The van der Waals surface area contributed by atoms with E-state index in [4.69, 9.17) is 4.42 Å². The van der Waals surface area contributed by atoms with E-state index in [-0.39, 0.29) is 23.6 Å². The number of benzene rings is 1. The van der Waals surface area contributed by atoms with Gasteiger partial charge in [0.25, 0.3) is 5.91 Å². The molecule has 23 heavy (non-hydrogen) atoms. The lowest BCUT2D eigenvalue weighted by molar-refractivity contribution is -0.122. The predicted molar refractivity (Wildman–Crippen MR) is 87.0 cm³/mol. The van der Waals surface area contributed by atoms with Crippen molar-refractivity contribution in [1.29, 1.82) is 0 Å². The molecule has 2 N–H and O–H groups in total. The first-order chi connectivity index (χ1) is 11.2. The van der Waals surface area contributed by atoms with Crippen LogP contribution in [-0.2, 0) is 11.2 Å². The molecular formula is C18H20N2O3. The van der Waals surface area contributed by atoms with Gasteiger partial charge in [0.15, 0.2) is 5.76 Å². The molecule has 1 atom stereocenters. The molecule has 0 saturated carbocycles. The van der Waals surface area contributed by atoms with E-state index in [1.807, 2.05) is 12.1 Å². The van der Waals surface area contributed by atoms with E-state index in [1.54, 1.807) is 12.1 Å². The molecule has 0 aliphatic carbocycles. The molecule has 0 radical (unpaired) electrons. The van der Waals surface area contributed by atoms with Gasteiger partial charge in [-0.05, 0) is 30.5 Å². The molecule has 1 saturated heterocycles. The predicted octanol–water partition coefficient (Wildman–Crippen LogP) is 2.52. The van der Waals surface area contributed by atoms with Crippen LogP contribution in [0.4, 0.5) is 0 Å². The molecule has 5 nitrogen and oxygen atoms in total. The van der Waals surface area contributed by atoms with Gasteiger partial charge in [0.2, 0.25) is 5.91 Å². The lowest BCUT2D eigenvalue weighted by Crippen LogP contribution is -2.47. The van der Waals surface area contributed by atoms with Crippen molar-refractivity contribution in [3.05, 3.63) is 47.7 Å². The summed E-state index contributed by atoms with van der Waals surface area (Å²) in [4.78, 5) is 23.3. The van der Waals surface area contributed by atoms with E-state index < -0.39 is 0 Å². The molecule has 2 aromatic rings. The third kappa shape index (κ3) is 3.62. The molecule has 0 bridgehead atoms. The number of hydrogen-bond donors (Lipinski definition) is 2. The Hall–Kier alpha value is -2.56. The fourth-order valence-electron chi connectivity index (χ4n) is 2.63. The van der Waals surface area contributed by atoms with Crippen molar-refractivity contribution >= 4 is 11.8 Å². The Kier molecular flexibility index (Phi) is 4.46. The van der Waals surface area contributed by atoms with E-state index in [0.717, 1.165) is 12.0 Å². The number of rotatable bonds is 4. The van der Waals surface area contributed by atoms with Crippen LogP contribution in [0.2, 0.25) is 0 Å². The number of piperidine rings is 1. The smallest absolute Gasteiger partial charge is 0.287 e. The maximum Gasteiger partial charge on any atom is 0.287 e. The SMILES string of the molecule is CCc1ccc(-c2ccc(C(=O)NC3CCC(=O)NC3)o2)cc1. The van der Waals surface area contributed by atoms with Crippen LogP contribution >= 0.6 is 0 Å². The standard InChI is InChI=1S/C18H20N2O3/c1-2-12-3-5-13(6-4-12)15-8-9-16(23-15)18(22)20-14-7-10-17(21)19-11-14/h3-6,8-9,14H,2,7,10-11H2,1H3,(H,19,21)(H,20,22). The minimum absolute atomic E-state index is 0.0336. The third-order valence-corrected chi connectivity index (χ3v) is 4.08. The number of hydrogen-bond acceptors (Lipinski definition) is 3. The van der Waals surface area contributed by atoms with E-state index in [0.29, 0.717) is 25.1 Å². The highest BCUT2D eigenvalue weighted by molar-refractivity contribution is 5.92. The zero-order chi connectivity index (χ0) is 16.2. The Morgan fingerprint density at radius 3 is 2.70 bits per heavy atom. The Balaban J connectivity index is 1.65. The van der Waals surface area contributed by atoms with Crippen molar-refractivity contribution in [3.8, 4) is 11.3 Å². The van der Waals surface area contributed by atoms with Crippen LogP contribution in [0, 0.1) is 0 Å². The van der Waals surface area contributed by atoms with Gasteiger partial charge in [0.1, 0.15) is 5.76 Å². The molecule has 1 fully saturated rings. The number of nitrogens with one attached hydrogen (secondary N) is 2. The van der Waals surface area contributed by atoms with Crippen molar-refractivity contribution in [1.82, 2.24) is 10.6 Å². The van der Waals surface area contributed by atoms with Gasteiger partial charge in [0, 0.05) is 24.6 Å². The molecule has 2 heterocycles. The van der Waals surface area contributed by atoms with E-state index in [1.165, 1.54) is 5.56 Å². The van der Waals surface area contributed by atoms with Crippen LogP contribution < -0.4 is 10.6 Å². The summed E-state index contributed by atoms with van der Waals surface area (Å²) in [7, 11) is 0. The van der Waals surface area contributed by atoms with Crippen LogP contribution in [0.3, 0.4) is 0 Å². The maximum atomic E-state index is 12.2. The maximum absolute atomic E-state index is 12.2. The number of aryl methyl sites for hydroxylation is 1. The minimum Gasteiger partial charge on any atom is -0.451 e. The van der Waals surface area contributed by atoms with Crippen molar-refractivity contribution < 1.29 is 14.0 Å². The van der Waals surface area contributed by atoms with Gasteiger partial charge in [-0.25, -0.2) is 0 Å². The normalized spacial score (nSPS) is 17.6. The highest BCUT2D eigenvalue weighted by Gasteiger charge is 2.21. The Bertz CT molecular complexity index is 693. The number of carbonyl (C=O) groups is 2. The first-order valence-electron chi connectivity index (χ1n) is 7.92. The summed E-state index contributed by atoms with van der Waals surface area (Å²) in [6, 6.07) is 11.5. The Morgan fingerprint density at radius 2 is 2.04 bits per heavy atom. The summed E-state index contributed by atoms with van der Waals surface area (Å²) >= 11 is 0. The average molecular weight is 312 g/mol. The van der Waals surface area contributed by atoms with Gasteiger partial charge in [0.05, 0.1) is 0 Å². The summed E-state index contributed by atoms with van der Waals surface area (Å²) in [6.07, 6.45) is 2.09. The first-order valence-corrected chi connectivity index (χ1v) is 7.92. The zero-order valence-corrected chi connectivity index (χ0v) is 13.1. The van der Waals surface area contributed by atoms with Crippen LogP contribution in [0.5, 0.6) is 0 Å². The van der Waals surface area contributed by atoms with Gasteiger partial charge in [-0.3, -0.25) is 9.59 Å². The molecule has 3 rings (SSSR count). The largest absolute Gasteiger partial charge is 0.451 e. The Labute approximate surface area is 135 Å². The highest BCUT2D eigenvalue weighted by Crippen LogP contribution is 2.23. The van der Waals surface area contributed by atoms with Crippen LogP contribution in [-0.4, -0.2) is 24.4 Å². The van der Waals surface area contributed by atoms with Crippen LogP contribution in [0.1, 0.15) is 35.9 Å². The molecule has 2 amide bonds. The van der Waals surface area contributed by atoms with Gasteiger partial charge >= 0.3 is 0 Å². The van der Waals surface area contributed by atoms with Gasteiger partial charge in [-0.2, -0.15) is 0 Å². The molecule has 1 aliphatic rings. The monoisotopic (exact) mass is 312 g/mol. The second kappa shape index (κ2) is 6.69. The van der Waals surface area contributed by atoms with Crippen LogP contribution in [0.25, 0.3) is 11.3 Å². The van der Waals surface area contributed by atoms with Crippen LogP contribution in [0.15, 0.2) is 40.8 Å². The fraction of sp³-hybridized carbons (Fsp3) is 0.333. The highest BCUT2D eigenvalue weighted by atomic mass is 16.3. The van der Waals surface area contributed by atoms with Crippen molar-refractivity contribution in [3.63, 3.8) is 0 Å². The van der Waals surface area contributed by atoms with Gasteiger partial charge in [-0.1, -0.05) is 31.2 Å². The second-order valence-corrected chi connectivity index (χ2v) is 5.73. The topological polar surface area (TPSA) is 71.3 Å². The second-order valence-electron chi connectivity index (χ2n) is 5.73. The molecular weight excluding hydrogens is 292 g/mol. The van der Waals surface area contributed by atoms with E-state index in [9.17, 15) is 9.59 Å². The molecule has 1 unspecified atom stereocenters. The third-order valence-electron chi connectivity index (χ3n) is 4.08. The average Bonchev–Trinajstić information content (AvgIpc) is 3.07. The minimum atomic E-state index is -0.248. The van der Waals surface area contributed by atoms with Crippen molar-refractivity contribution in [2.24, 2.45) is 0 Å². The lowest BCUT2D eigenvalue weighted by Gasteiger charge is -2.22. The molecule has 1 aromatic heterocycles. The Morgan fingerprint density at radius 1 is 1.26 bits per heavy atom. The number of amides is 2. The summed E-state index contributed by atoms with van der Waals surface area (Å²) < 4.78 is 5.67. The van der Waals surface area contributed by atoms with E-state index >= 15 is 0 Å². The molecule has 0 spiro atoms. The van der Waals surface area contributed by atoms with Crippen molar-refractivity contribution in [2.75, 3.05) is 6.54 Å². The van der Waals surface area contributed by atoms with Gasteiger partial charge < -0.3 is 15.1 Å². The number of carbonyl (C=O) groups excluding carboxylic acids is 2. The summed E-state index contributed by atoms with van der Waals surface area (Å²) in [5.41, 5.74) is 2.21. The summed E-state index contributed by atoms with van der Waals surface area (Å²) in [5.74, 6) is 0.750. The fourth-order valence-corrected chi connectivity index (χ4v) is 2.63. The first kappa shape index (κ1) is 15.3. The molecule has 1 aromatic carbocycles. The quantitative estimate of drug-likeness (QED) is 0.911. The lowest BCUT2D eigenvalue weighted by atomic mass is 10.1. The zero-order valence-electron chi connectivity index (χ0n) is 13.1.